The van der Waals surface area contributed by atoms with Gasteiger partial charge in [0, 0.05) is 24.4 Å². The van der Waals surface area contributed by atoms with Crippen LogP contribution in [0.15, 0.2) is 48.5 Å². The molecule has 29 heavy (non-hydrogen) atoms. The Morgan fingerprint density at radius 2 is 1.86 bits per heavy atom. The Morgan fingerprint density at radius 1 is 1.07 bits per heavy atom. The zero-order valence-corrected chi connectivity index (χ0v) is 16.0. The van der Waals surface area contributed by atoms with E-state index in [-0.39, 0.29) is 11.4 Å². The molecule has 0 unspecified atom stereocenters. The molecular formula is C21H20F2N4O2. The van der Waals surface area contributed by atoms with Crippen LogP contribution in [0.5, 0.6) is 5.75 Å². The van der Waals surface area contributed by atoms with Crippen LogP contribution < -0.4 is 15.4 Å². The van der Waals surface area contributed by atoms with Crippen molar-refractivity contribution < 1.29 is 18.3 Å². The SMILES string of the molecule is COc1ccccc1CCNc1cc(C(=O)Nc2ccc(F)c(F)c2)nc(C)n1. The zero-order chi connectivity index (χ0) is 20.8. The highest BCUT2D eigenvalue weighted by Gasteiger charge is 2.12. The molecule has 1 amide bonds. The largest absolute Gasteiger partial charge is 0.496 e. The number of nitrogens with one attached hydrogen (secondary N) is 2. The molecule has 1 aromatic heterocycles. The second-order valence-electron chi connectivity index (χ2n) is 6.26. The fourth-order valence-corrected chi connectivity index (χ4v) is 2.78. The Bertz CT molecular complexity index is 1030. The third-order valence-corrected chi connectivity index (χ3v) is 4.14. The molecule has 0 fully saturated rings. The van der Waals surface area contributed by atoms with Gasteiger partial charge in [0.25, 0.3) is 5.91 Å². The molecular weight excluding hydrogens is 378 g/mol. The standard InChI is InChI=1S/C21H20F2N4O2/c1-13-25-18(21(28)27-15-7-8-16(22)17(23)11-15)12-20(26-13)24-10-9-14-5-3-4-6-19(14)29-2/h3-8,11-12H,9-10H2,1-2H3,(H,27,28)(H,24,25,26). The van der Waals surface area contributed by atoms with Crippen LogP contribution in [-0.4, -0.2) is 29.5 Å². The van der Waals surface area contributed by atoms with Crippen LogP contribution in [0, 0.1) is 18.6 Å². The monoisotopic (exact) mass is 398 g/mol. The topological polar surface area (TPSA) is 76.1 Å². The third kappa shape index (κ3) is 5.25. The van der Waals surface area contributed by atoms with Crippen molar-refractivity contribution in [3.05, 3.63) is 77.2 Å². The molecule has 0 radical (unpaired) electrons. The first-order valence-electron chi connectivity index (χ1n) is 8.94. The molecule has 0 bridgehead atoms. The van der Waals surface area contributed by atoms with Gasteiger partial charge in [0.05, 0.1) is 7.11 Å². The van der Waals surface area contributed by atoms with Crippen molar-refractivity contribution in [3.8, 4) is 5.75 Å². The number of hydrogen-bond acceptors (Lipinski definition) is 5. The summed E-state index contributed by atoms with van der Waals surface area (Å²) >= 11 is 0. The molecule has 8 heteroatoms. The summed E-state index contributed by atoms with van der Waals surface area (Å²) in [7, 11) is 1.62. The molecule has 0 saturated carbocycles. The van der Waals surface area contributed by atoms with E-state index in [1.165, 1.54) is 12.1 Å². The fourth-order valence-electron chi connectivity index (χ4n) is 2.78. The maximum atomic E-state index is 13.3. The number of nitrogens with zero attached hydrogens (tertiary/aromatic N) is 2. The minimum Gasteiger partial charge on any atom is -0.496 e. The number of carbonyl (C=O) groups excluding carboxylic acids is 1. The van der Waals surface area contributed by atoms with Gasteiger partial charge in [0.2, 0.25) is 0 Å². The highest BCUT2D eigenvalue weighted by atomic mass is 19.2. The number of aryl methyl sites for hydroxylation is 1. The lowest BCUT2D eigenvalue weighted by Crippen LogP contribution is -2.16. The van der Waals surface area contributed by atoms with Crippen LogP contribution in [0.3, 0.4) is 0 Å². The summed E-state index contributed by atoms with van der Waals surface area (Å²) in [6.07, 6.45) is 0.698. The quantitative estimate of drug-likeness (QED) is 0.630. The van der Waals surface area contributed by atoms with Gasteiger partial charge in [-0.1, -0.05) is 18.2 Å². The second-order valence-corrected chi connectivity index (χ2v) is 6.26. The molecule has 0 aliphatic rings. The number of amides is 1. The molecule has 3 rings (SSSR count). The third-order valence-electron chi connectivity index (χ3n) is 4.14. The summed E-state index contributed by atoms with van der Waals surface area (Å²) < 4.78 is 31.7. The molecule has 0 atom stereocenters. The van der Waals surface area contributed by atoms with Crippen LogP contribution in [0.2, 0.25) is 0 Å². The first kappa shape index (κ1) is 20.2. The van der Waals surface area contributed by atoms with E-state index in [0.717, 1.165) is 23.4 Å². The van der Waals surface area contributed by atoms with Crippen molar-refractivity contribution in [2.24, 2.45) is 0 Å². The summed E-state index contributed by atoms with van der Waals surface area (Å²) in [5.41, 5.74) is 1.29. The van der Waals surface area contributed by atoms with E-state index in [0.29, 0.717) is 24.6 Å². The number of halogens is 2. The minimum absolute atomic E-state index is 0.113. The van der Waals surface area contributed by atoms with Crippen LogP contribution in [0.1, 0.15) is 21.9 Å². The average molecular weight is 398 g/mol. The predicted molar refractivity (Wildman–Crippen MR) is 106 cm³/mol. The molecule has 0 spiro atoms. The number of rotatable bonds is 7. The van der Waals surface area contributed by atoms with Gasteiger partial charge >= 0.3 is 0 Å². The molecule has 0 saturated heterocycles. The predicted octanol–water partition coefficient (Wildman–Crippen LogP) is 3.98. The van der Waals surface area contributed by atoms with Crippen molar-refractivity contribution in [1.82, 2.24) is 9.97 Å². The Hall–Kier alpha value is -3.55. The van der Waals surface area contributed by atoms with Crippen LogP contribution in [0.25, 0.3) is 0 Å². The number of para-hydroxylation sites is 1. The van der Waals surface area contributed by atoms with E-state index in [1.54, 1.807) is 14.0 Å². The normalized spacial score (nSPS) is 10.5. The molecule has 0 aliphatic carbocycles. The zero-order valence-electron chi connectivity index (χ0n) is 16.0. The average Bonchev–Trinajstić information content (AvgIpc) is 2.70. The van der Waals surface area contributed by atoms with Crippen molar-refractivity contribution in [2.45, 2.75) is 13.3 Å². The van der Waals surface area contributed by atoms with Crippen molar-refractivity contribution in [2.75, 3.05) is 24.3 Å². The highest BCUT2D eigenvalue weighted by molar-refractivity contribution is 6.03. The number of ether oxygens (including phenoxy) is 1. The summed E-state index contributed by atoms with van der Waals surface area (Å²) in [6.45, 7) is 2.24. The number of aromatic nitrogens is 2. The summed E-state index contributed by atoms with van der Waals surface area (Å²) in [5, 5.41) is 5.66. The molecule has 2 aromatic carbocycles. The van der Waals surface area contributed by atoms with Gasteiger partial charge in [-0.2, -0.15) is 0 Å². The van der Waals surface area contributed by atoms with Crippen LogP contribution in [-0.2, 0) is 6.42 Å². The lowest BCUT2D eigenvalue weighted by Gasteiger charge is -2.11. The summed E-state index contributed by atoms with van der Waals surface area (Å²) in [6, 6.07) is 12.3. The van der Waals surface area contributed by atoms with E-state index in [2.05, 4.69) is 20.6 Å². The van der Waals surface area contributed by atoms with Crippen molar-refractivity contribution >= 4 is 17.4 Å². The number of hydrogen-bond donors (Lipinski definition) is 2. The van der Waals surface area contributed by atoms with Gasteiger partial charge in [-0.3, -0.25) is 4.79 Å². The van der Waals surface area contributed by atoms with E-state index >= 15 is 0 Å². The van der Waals surface area contributed by atoms with Gasteiger partial charge in [-0.25, -0.2) is 18.7 Å². The van der Waals surface area contributed by atoms with Crippen LogP contribution in [0.4, 0.5) is 20.3 Å². The Balaban J connectivity index is 1.67. The van der Waals surface area contributed by atoms with E-state index in [4.69, 9.17) is 4.74 Å². The lowest BCUT2D eigenvalue weighted by molar-refractivity contribution is 0.102. The molecule has 1 heterocycles. The first-order valence-corrected chi connectivity index (χ1v) is 8.94. The Morgan fingerprint density at radius 3 is 2.62 bits per heavy atom. The molecule has 150 valence electrons. The molecule has 3 aromatic rings. The van der Waals surface area contributed by atoms with Gasteiger partial charge in [-0.15, -0.1) is 0 Å². The molecule has 2 N–H and O–H groups in total. The van der Waals surface area contributed by atoms with Crippen LogP contribution >= 0.6 is 0 Å². The van der Waals surface area contributed by atoms with Gasteiger partial charge < -0.3 is 15.4 Å². The lowest BCUT2D eigenvalue weighted by atomic mass is 10.1. The van der Waals surface area contributed by atoms with E-state index < -0.39 is 17.5 Å². The maximum Gasteiger partial charge on any atom is 0.274 e. The fraction of sp³-hybridized carbons (Fsp3) is 0.190. The van der Waals surface area contributed by atoms with Gasteiger partial charge in [0.1, 0.15) is 23.1 Å². The molecule has 6 nitrogen and oxygen atoms in total. The summed E-state index contributed by atoms with van der Waals surface area (Å²) in [5.74, 6) is -0.873. The smallest absolute Gasteiger partial charge is 0.274 e. The number of benzene rings is 2. The highest BCUT2D eigenvalue weighted by Crippen LogP contribution is 2.18. The maximum absolute atomic E-state index is 13.3. The van der Waals surface area contributed by atoms with E-state index in [1.807, 2.05) is 24.3 Å². The number of methoxy groups -OCH3 is 1. The molecule has 0 aliphatic heterocycles. The number of carbonyl (C=O) groups is 1. The van der Waals surface area contributed by atoms with Gasteiger partial charge in [0.15, 0.2) is 11.6 Å². The minimum atomic E-state index is -1.04. The van der Waals surface area contributed by atoms with Gasteiger partial charge in [-0.05, 0) is 37.1 Å². The van der Waals surface area contributed by atoms with Crippen molar-refractivity contribution in [3.63, 3.8) is 0 Å². The Labute approximate surface area is 167 Å². The first-order chi connectivity index (χ1) is 14.0. The van der Waals surface area contributed by atoms with Crippen molar-refractivity contribution in [1.29, 1.82) is 0 Å². The number of anilines is 2. The second kappa shape index (κ2) is 9.09. The van der Waals surface area contributed by atoms with E-state index in [9.17, 15) is 13.6 Å². The summed E-state index contributed by atoms with van der Waals surface area (Å²) in [4.78, 5) is 20.8. The Kier molecular flexibility index (Phi) is 6.33.